The van der Waals surface area contributed by atoms with Crippen molar-refractivity contribution < 1.29 is 70.0 Å². The fraction of sp³-hybridized carbons (Fsp3) is 0.848. The lowest BCUT2D eigenvalue weighted by molar-refractivity contribution is -0.173. The number of carbonyl (C=O) groups is 5. The van der Waals surface area contributed by atoms with Gasteiger partial charge in [-0.3, -0.25) is 14.5 Å². The van der Waals surface area contributed by atoms with Crippen molar-refractivity contribution in [3.8, 4) is 0 Å². The average molecular weight is 795 g/mol. The van der Waals surface area contributed by atoms with Crippen molar-refractivity contribution in [1.29, 1.82) is 0 Å². The highest BCUT2D eigenvalue weighted by atomic mass is 32.2. The Balaban J connectivity index is -0.0000000134. The maximum Gasteiger partial charge on any atom is 0.509 e. The Morgan fingerprint density at radius 1 is 0.529 bits per heavy atom. The quantitative estimate of drug-likeness (QED) is 0.0838. The van der Waals surface area contributed by atoms with Crippen LogP contribution in [0, 0.1) is 0 Å². The SMILES string of the molecule is C.C.C.C.C.C.C.C.C.C.C.C.C.C.C.CC(=O)N(C)C.COC.COC(=O)OC.COC(C)=O.COOS(=O)OC(=O)N(C)COC(=O)OC. The minimum absolute atomic E-state index is 0. The van der Waals surface area contributed by atoms with Crippen LogP contribution in [0.4, 0.5) is 14.4 Å². The number of amides is 2. The first kappa shape index (κ1) is 135. The summed E-state index contributed by atoms with van der Waals surface area (Å²) in [5, 5.41) is 0. The molecular weight excluding hydrogens is 696 g/mol. The molecule has 0 aliphatic rings. The molecule has 0 saturated heterocycles. The standard InChI is InChI=1S/C6H11NO8S.C4H9NO.C3H6O3.C3H6O2.C2H6O.15CH4/c1-7(4-13-6(9)11-2)5(8)14-16(10)15-12-3;1-4(6)5(2)3;1-5-3(4)6-2;1-3(4)5-2;1-3-2;;;;;;;;;;;;;;;/h4H2,1-3H3;1-3H3;1-2H3;1-2H3;1-2H3;15*1H4. The van der Waals surface area contributed by atoms with E-state index < -0.39 is 36.5 Å². The monoisotopic (exact) mass is 795 g/mol. The van der Waals surface area contributed by atoms with Gasteiger partial charge in [-0.25, -0.2) is 19.3 Å². The van der Waals surface area contributed by atoms with Crippen LogP contribution >= 0.6 is 0 Å². The summed E-state index contributed by atoms with van der Waals surface area (Å²) in [4.78, 5) is 57.4. The summed E-state index contributed by atoms with van der Waals surface area (Å²) < 4.78 is 43.9. The van der Waals surface area contributed by atoms with Crippen molar-refractivity contribution >= 4 is 41.6 Å². The van der Waals surface area contributed by atoms with E-state index in [4.69, 9.17) is 0 Å². The van der Waals surface area contributed by atoms with Crippen LogP contribution in [0.2, 0.25) is 0 Å². The highest BCUT2D eigenvalue weighted by Crippen LogP contribution is 1.97. The highest BCUT2D eigenvalue weighted by molar-refractivity contribution is 7.75. The molecule has 0 heterocycles. The van der Waals surface area contributed by atoms with E-state index in [1.807, 2.05) is 0 Å². The molecule has 18 heteroatoms. The van der Waals surface area contributed by atoms with Crippen LogP contribution in [0.5, 0.6) is 0 Å². The Morgan fingerprint density at radius 2 is 0.784 bits per heavy atom. The van der Waals surface area contributed by atoms with Gasteiger partial charge in [0.2, 0.25) is 5.91 Å². The third-order valence-corrected chi connectivity index (χ3v) is 2.89. The Kier molecular flexibility index (Phi) is 275. The van der Waals surface area contributed by atoms with E-state index in [-0.39, 0.29) is 123 Å². The van der Waals surface area contributed by atoms with Crippen molar-refractivity contribution in [2.75, 3.05) is 77.6 Å². The lowest BCUT2D eigenvalue weighted by atomic mass is 10.7. The molecule has 0 bridgehead atoms. The second-order valence-electron chi connectivity index (χ2n) is 5.39. The molecule has 0 aromatic heterocycles. The van der Waals surface area contributed by atoms with E-state index in [0.29, 0.717) is 0 Å². The Hall–Kier alpha value is -3.22. The molecule has 1 unspecified atom stereocenters. The van der Waals surface area contributed by atoms with E-state index in [2.05, 4.69) is 41.8 Å². The zero-order valence-corrected chi connectivity index (χ0v) is 23.5. The number of methoxy groups -OCH3 is 5. The minimum Gasteiger partial charge on any atom is -0.469 e. The smallest absolute Gasteiger partial charge is 0.469 e. The van der Waals surface area contributed by atoms with Gasteiger partial charge in [0.1, 0.15) is 0 Å². The summed E-state index contributed by atoms with van der Waals surface area (Å²) in [6, 6.07) is 0. The third kappa shape index (κ3) is 153. The predicted octanol–water partition coefficient (Wildman–Crippen LogP) is 10.4. The zero-order valence-electron chi connectivity index (χ0n) is 22.6. The van der Waals surface area contributed by atoms with E-state index in [9.17, 15) is 28.2 Å². The summed E-state index contributed by atoms with van der Waals surface area (Å²) in [5.41, 5.74) is 0. The molecule has 0 aliphatic heterocycles. The van der Waals surface area contributed by atoms with Crippen molar-refractivity contribution in [3.63, 3.8) is 0 Å². The zero-order chi connectivity index (χ0) is 29.7. The normalized spacial score (nSPS) is 6.35. The molecule has 0 aromatic carbocycles. The maximum atomic E-state index is 11.1. The topological polar surface area (TPSA) is 192 Å². The second-order valence-corrected chi connectivity index (χ2v) is 6.10. The van der Waals surface area contributed by atoms with Gasteiger partial charge < -0.3 is 37.5 Å². The molecule has 0 fully saturated rings. The van der Waals surface area contributed by atoms with Crippen LogP contribution in [-0.2, 0) is 62.8 Å². The van der Waals surface area contributed by atoms with Gasteiger partial charge in [-0.1, -0.05) is 116 Å². The van der Waals surface area contributed by atoms with Gasteiger partial charge in [0, 0.05) is 49.2 Å². The lowest BCUT2D eigenvalue weighted by Gasteiger charge is -2.14. The minimum atomic E-state index is -2.37. The number of esters is 1. The molecule has 0 saturated carbocycles. The molecule has 51 heavy (non-hydrogen) atoms. The lowest BCUT2D eigenvalue weighted by Crippen LogP contribution is -2.31. The first-order valence-corrected chi connectivity index (χ1v) is 10.2. The van der Waals surface area contributed by atoms with Gasteiger partial charge in [0.05, 0.1) is 35.5 Å². The number of nitrogens with zero attached hydrogens (tertiary/aromatic N) is 2. The van der Waals surface area contributed by atoms with Crippen LogP contribution < -0.4 is 0 Å². The fourth-order valence-electron chi connectivity index (χ4n) is 0.536. The molecule has 0 radical (unpaired) electrons. The van der Waals surface area contributed by atoms with Crippen molar-refractivity contribution in [1.82, 2.24) is 9.80 Å². The average Bonchev–Trinajstić information content (AvgIpc) is 2.83. The number of hydrogen-bond acceptors (Lipinski definition) is 15. The van der Waals surface area contributed by atoms with Crippen molar-refractivity contribution in [2.24, 2.45) is 0 Å². The van der Waals surface area contributed by atoms with Crippen LogP contribution in [0.25, 0.3) is 0 Å². The fourth-order valence-corrected chi connectivity index (χ4v) is 0.918. The molecule has 1 atom stereocenters. The molecular formula is C33H98N2O15S. The van der Waals surface area contributed by atoms with Gasteiger partial charge >= 0.3 is 35.7 Å². The van der Waals surface area contributed by atoms with Gasteiger partial charge in [0.25, 0.3) is 0 Å². The Bertz CT molecular complexity index is 621. The molecule has 0 aromatic rings. The third-order valence-electron chi connectivity index (χ3n) is 2.37. The largest absolute Gasteiger partial charge is 0.509 e. The van der Waals surface area contributed by atoms with Crippen molar-refractivity contribution in [2.45, 2.75) is 125 Å². The summed E-state index contributed by atoms with van der Waals surface area (Å²) in [7, 11) is 14.0. The molecule has 336 valence electrons. The van der Waals surface area contributed by atoms with Crippen LogP contribution in [-0.4, -0.2) is 122 Å². The molecule has 0 rings (SSSR count). The maximum absolute atomic E-state index is 11.1. The highest BCUT2D eigenvalue weighted by Gasteiger charge is 2.16. The Morgan fingerprint density at radius 3 is 0.941 bits per heavy atom. The van der Waals surface area contributed by atoms with E-state index in [1.54, 1.807) is 28.3 Å². The van der Waals surface area contributed by atoms with Crippen LogP contribution in [0.3, 0.4) is 0 Å². The summed E-state index contributed by atoms with van der Waals surface area (Å²) in [5.74, 6) is -0.153. The van der Waals surface area contributed by atoms with Gasteiger partial charge in [-0.2, -0.15) is 4.21 Å². The molecule has 0 spiro atoms. The number of ether oxygens (including phenoxy) is 6. The van der Waals surface area contributed by atoms with Crippen LogP contribution in [0.1, 0.15) is 125 Å². The first-order valence-electron chi connectivity index (χ1n) is 9.16. The second kappa shape index (κ2) is 103. The van der Waals surface area contributed by atoms with Gasteiger partial charge in [-0.05, 0) is 0 Å². The molecule has 0 aliphatic carbocycles. The summed E-state index contributed by atoms with van der Waals surface area (Å²) in [6.07, 6.45) is -2.65. The number of hydrogen-bond donors (Lipinski definition) is 0. The molecule has 0 N–H and O–H groups in total. The molecule has 17 nitrogen and oxygen atoms in total. The van der Waals surface area contributed by atoms with Gasteiger partial charge in [0.15, 0.2) is 6.73 Å². The van der Waals surface area contributed by atoms with E-state index in [0.717, 1.165) is 19.1 Å². The van der Waals surface area contributed by atoms with Gasteiger partial charge in [-0.15, -0.1) is 0 Å². The Labute approximate surface area is 324 Å². The number of carbonyl (C=O) groups excluding carboxylic acids is 5. The van der Waals surface area contributed by atoms with E-state index in [1.165, 1.54) is 47.1 Å². The molecule has 2 amide bonds. The summed E-state index contributed by atoms with van der Waals surface area (Å²) in [6.45, 7) is 2.47. The first-order chi connectivity index (χ1) is 16.6. The summed E-state index contributed by atoms with van der Waals surface area (Å²) >= 11 is -2.37. The van der Waals surface area contributed by atoms with E-state index >= 15 is 0 Å². The van der Waals surface area contributed by atoms with Crippen LogP contribution in [0.15, 0.2) is 0 Å². The van der Waals surface area contributed by atoms with Crippen molar-refractivity contribution in [3.05, 3.63) is 0 Å². The predicted molar refractivity (Wildman–Crippen MR) is 224 cm³/mol. The number of rotatable bonds is 5.